The first-order valence-corrected chi connectivity index (χ1v) is 44.4. The van der Waals surface area contributed by atoms with E-state index in [1.165, 1.54) is 218 Å². The van der Waals surface area contributed by atoms with Gasteiger partial charge in [0.05, 0.1) is 26.4 Å². The average molecular weight is 1450 g/mol. The van der Waals surface area contributed by atoms with Crippen molar-refractivity contribution < 1.29 is 80.2 Å². The molecule has 3 N–H and O–H groups in total. The fraction of sp³-hybridized carbons (Fsp3) is 0.950. The van der Waals surface area contributed by atoms with Gasteiger partial charge in [0, 0.05) is 25.7 Å². The summed E-state index contributed by atoms with van der Waals surface area (Å²) in [5.74, 6) is 0.139. The number of aliphatic hydroxyl groups excluding tert-OH is 1. The first-order valence-electron chi connectivity index (χ1n) is 41.4. The fourth-order valence-electron chi connectivity index (χ4n) is 12.3. The van der Waals surface area contributed by atoms with Crippen molar-refractivity contribution in [3.63, 3.8) is 0 Å². The number of hydrogen-bond donors (Lipinski definition) is 3. The van der Waals surface area contributed by atoms with Crippen molar-refractivity contribution in [2.45, 2.75) is 433 Å². The molecule has 0 saturated carbocycles. The van der Waals surface area contributed by atoms with Crippen molar-refractivity contribution in [1.29, 1.82) is 0 Å². The average Bonchev–Trinajstić information content (AvgIpc) is 1.03. The third-order valence-corrected chi connectivity index (χ3v) is 20.9. The summed E-state index contributed by atoms with van der Waals surface area (Å²) in [5, 5.41) is 10.6. The normalized spacial score (nSPS) is 14.3. The zero-order valence-electron chi connectivity index (χ0n) is 65.0. The summed E-state index contributed by atoms with van der Waals surface area (Å²) in [7, 11) is -9.92. The summed E-state index contributed by atoms with van der Waals surface area (Å²) in [6, 6.07) is 0. The molecule has 3 unspecified atom stereocenters. The smallest absolute Gasteiger partial charge is 0.462 e. The predicted octanol–water partition coefficient (Wildman–Crippen LogP) is 23.7. The molecule has 19 heteroatoms. The molecule has 0 radical (unpaired) electrons. The first kappa shape index (κ1) is 97.1. The van der Waals surface area contributed by atoms with Gasteiger partial charge >= 0.3 is 39.5 Å². The second-order valence-corrected chi connectivity index (χ2v) is 32.9. The highest BCUT2D eigenvalue weighted by atomic mass is 31.2. The Morgan fingerprint density at radius 3 is 0.768 bits per heavy atom. The largest absolute Gasteiger partial charge is 0.472 e. The van der Waals surface area contributed by atoms with E-state index in [0.717, 1.165) is 108 Å². The summed E-state index contributed by atoms with van der Waals surface area (Å²) in [4.78, 5) is 72.9. The van der Waals surface area contributed by atoms with Gasteiger partial charge in [0.15, 0.2) is 12.2 Å². The van der Waals surface area contributed by atoms with Crippen LogP contribution in [0.3, 0.4) is 0 Å². The predicted molar refractivity (Wildman–Crippen MR) is 405 cm³/mol. The van der Waals surface area contributed by atoms with Crippen molar-refractivity contribution in [1.82, 2.24) is 0 Å². The number of ether oxygens (including phenoxy) is 4. The summed E-state index contributed by atoms with van der Waals surface area (Å²) in [6.07, 6.45) is 58.5. The van der Waals surface area contributed by atoms with E-state index in [9.17, 15) is 43.2 Å². The zero-order chi connectivity index (χ0) is 73.0. The van der Waals surface area contributed by atoms with E-state index < -0.39 is 97.5 Å². The molecule has 0 aromatic rings. The number of carbonyl (C=O) groups excluding carboxylic acids is 4. The van der Waals surface area contributed by atoms with Crippen molar-refractivity contribution in [3.05, 3.63) is 0 Å². The van der Waals surface area contributed by atoms with Gasteiger partial charge in [0.25, 0.3) is 0 Å². The number of hydrogen-bond acceptors (Lipinski definition) is 15. The lowest BCUT2D eigenvalue weighted by Gasteiger charge is -2.21. The highest BCUT2D eigenvalue weighted by molar-refractivity contribution is 7.47. The molecule has 0 rings (SSSR count). The van der Waals surface area contributed by atoms with Crippen molar-refractivity contribution in [2.24, 2.45) is 17.8 Å². The van der Waals surface area contributed by atoms with Crippen LogP contribution in [0.1, 0.15) is 414 Å². The maximum atomic E-state index is 13.1. The Bertz CT molecular complexity index is 1920. The third-order valence-electron chi connectivity index (χ3n) is 19.0. The molecule has 0 aromatic heterocycles. The van der Waals surface area contributed by atoms with Gasteiger partial charge in [0.1, 0.15) is 19.3 Å². The van der Waals surface area contributed by atoms with Gasteiger partial charge in [-0.2, -0.15) is 0 Å². The van der Waals surface area contributed by atoms with Crippen molar-refractivity contribution in [3.8, 4) is 0 Å². The van der Waals surface area contributed by atoms with Crippen LogP contribution in [0.15, 0.2) is 0 Å². The number of aliphatic hydroxyl groups is 1. The molecule has 0 heterocycles. The van der Waals surface area contributed by atoms with Crippen LogP contribution < -0.4 is 0 Å². The number of esters is 4. The highest BCUT2D eigenvalue weighted by Gasteiger charge is 2.30. The van der Waals surface area contributed by atoms with E-state index in [4.69, 9.17) is 37.0 Å². The number of unbranched alkanes of at least 4 members (excludes halogenated alkanes) is 45. The van der Waals surface area contributed by atoms with Gasteiger partial charge in [-0.15, -0.1) is 0 Å². The van der Waals surface area contributed by atoms with Gasteiger partial charge in [-0.3, -0.25) is 37.3 Å². The summed E-state index contributed by atoms with van der Waals surface area (Å²) >= 11 is 0. The van der Waals surface area contributed by atoms with Crippen molar-refractivity contribution >= 4 is 39.5 Å². The molecule has 99 heavy (non-hydrogen) atoms. The Labute approximate surface area is 607 Å². The zero-order valence-corrected chi connectivity index (χ0v) is 66.8. The monoisotopic (exact) mass is 1450 g/mol. The molecule has 0 amide bonds. The lowest BCUT2D eigenvalue weighted by atomic mass is 9.99. The topological polar surface area (TPSA) is 237 Å². The molecule has 0 aliphatic rings. The lowest BCUT2D eigenvalue weighted by Crippen LogP contribution is -2.30. The van der Waals surface area contributed by atoms with Crippen LogP contribution >= 0.6 is 15.6 Å². The Balaban J connectivity index is 5.21. The number of rotatable bonds is 78. The minimum atomic E-state index is -4.96. The summed E-state index contributed by atoms with van der Waals surface area (Å²) in [6.45, 7) is 11.9. The standard InChI is InChI=1S/C80H156O17P2/c1-8-10-11-12-13-14-15-16-17-18-19-20-21-22-23-24-25-30-33-41-49-56-63-79(84)96-75(67-90-77(82)61-54-47-40-32-29-27-26-28-31-37-44-51-58-71(3)4)69-94-98(86,87)92-65-74(81)66-93-99(88,89)95-70-76(68-91-78(83)62-55-48-43-36-38-45-52-59-72(5)6)97-80(85)64-57-50-42-35-34-39-46-53-60-73(7)9-2/h71-76,81H,8-70H2,1-7H3,(H,86,87)(H,88,89)/t73?,74-,75-,76-/m1/s1. The molecule has 0 fully saturated rings. The SMILES string of the molecule is CCCCCCCCCCCCCCCCCCCCCCCCC(=O)O[C@H](COC(=O)CCCCCCCCCCCCCCC(C)C)COP(=O)(O)OC[C@@H](O)COP(=O)(O)OC[C@@H](COC(=O)CCCCCCCCCC(C)C)OC(=O)CCCCCCCCCCC(C)CC. The second-order valence-electron chi connectivity index (χ2n) is 30.0. The van der Waals surface area contributed by atoms with Crippen LogP contribution in [-0.2, 0) is 65.4 Å². The Hall–Kier alpha value is -1.94. The van der Waals surface area contributed by atoms with Gasteiger partial charge in [0.2, 0.25) is 0 Å². The highest BCUT2D eigenvalue weighted by Crippen LogP contribution is 2.45. The Morgan fingerprint density at radius 1 is 0.293 bits per heavy atom. The molecule has 0 saturated heterocycles. The van der Waals surface area contributed by atoms with E-state index in [1.807, 2.05) is 0 Å². The molecule has 0 bridgehead atoms. The Morgan fingerprint density at radius 2 is 0.515 bits per heavy atom. The molecule has 0 aliphatic heterocycles. The number of carbonyl (C=O) groups is 4. The van der Waals surface area contributed by atoms with E-state index >= 15 is 0 Å². The molecule has 0 aliphatic carbocycles. The van der Waals surface area contributed by atoms with Crippen LogP contribution in [0.25, 0.3) is 0 Å². The number of phosphoric acid groups is 2. The van der Waals surface area contributed by atoms with Crippen LogP contribution in [0.2, 0.25) is 0 Å². The summed E-state index contributed by atoms with van der Waals surface area (Å²) < 4.78 is 68.6. The van der Waals surface area contributed by atoms with Crippen LogP contribution in [-0.4, -0.2) is 96.7 Å². The van der Waals surface area contributed by atoms with Gasteiger partial charge < -0.3 is 33.8 Å². The molecular weight excluding hydrogens is 1290 g/mol. The van der Waals surface area contributed by atoms with E-state index in [2.05, 4.69) is 48.5 Å². The minimum Gasteiger partial charge on any atom is -0.462 e. The number of phosphoric ester groups is 2. The van der Waals surface area contributed by atoms with Crippen molar-refractivity contribution in [2.75, 3.05) is 39.6 Å². The van der Waals surface area contributed by atoms with E-state index in [-0.39, 0.29) is 25.7 Å². The van der Waals surface area contributed by atoms with Crippen LogP contribution in [0, 0.1) is 17.8 Å². The maximum absolute atomic E-state index is 13.1. The van der Waals surface area contributed by atoms with E-state index in [0.29, 0.717) is 31.6 Å². The van der Waals surface area contributed by atoms with Crippen LogP contribution in [0.4, 0.5) is 0 Å². The summed E-state index contributed by atoms with van der Waals surface area (Å²) in [5.41, 5.74) is 0. The minimum absolute atomic E-state index is 0.104. The molecule has 588 valence electrons. The molecule has 0 aromatic carbocycles. The molecular formula is C80H156O17P2. The molecule has 17 nitrogen and oxygen atoms in total. The van der Waals surface area contributed by atoms with Crippen LogP contribution in [0.5, 0.6) is 0 Å². The van der Waals surface area contributed by atoms with Gasteiger partial charge in [-0.1, -0.05) is 363 Å². The molecule has 6 atom stereocenters. The lowest BCUT2D eigenvalue weighted by molar-refractivity contribution is -0.161. The third kappa shape index (κ3) is 72.8. The first-order chi connectivity index (χ1) is 47.8. The van der Waals surface area contributed by atoms with Gasteiger partial charge in [-0.25, -0.2) is 9.13 Å². The fourth-order valence-corrected chi connectivity index (χ4v) is 13.9. The molecule has 0 spiro atoms. The van der Waals surface area contributed by atoms with Gasteiger partial charge in [-0.05, 0) is 43.4 Å². The van der Waals surface area contributed by atoms with E-state index in [1.54, 1.807) is 0 Å². The second kappa shape index (κ2) is 70.4. The quantitative estimate of drug-likeness (QED) is 0.0222. The maximum Gasteiger partial charge on any atom is 0.472 e. The Kier molecular flexibility index (Phi) is 69.0.